The fourth-order valence-electron chi connectivity index (χ4n) is 1.66. The molecule has 0 fully saturated rings. The highest BCUT2D eigenvalue weighted by molar-refractivity contribution is 7.98. The fourth-order valence-corrected chi connectivity index (χ4v) is 2.27. The molecular weight excluding hydrogens is 260 g/mol. The third-order valence-electron chi connectivity index (χ3n) is 2.58. The molecule has 1 aromatic rings. The van der Waals surface area contributed by atoms with E-state index in [2.05, 4.69) is 10.6 Å². The Balaban J connectivity index is 2.43. The van der Waals surface area contributed by atoms with Crippen LogP contribution in [0.3, 0.4) is 0 Å². The highest BCUT2D eigenvalue weighted by atomic mass is 32.2. The first kappa shape index (κ1) is 15.9. The molecule has 1 unspecified atom stereocenters. The molecule has 0 radical (unpaired) electrons. The van der Waals surface area contributed by atoms with Crippen molar-refractivity contribution in [3.8, 4) is 0 Å². The average molecular weight is 282 g/mol. The van der Waals surface area contributed by atoms with E-state index >= 15 is 0 Å². The number of urea groups is 1. The molecule has 5 heteroatoms. The molecule has 106 valence electrons. The number of hydrogen-bond acceptors (Lipinski definition) is 3. The Labute approximate surface area is 119 Å². The number of nitrogens with one attached hydrogen (secondary N) is 2. The first-order valence-corrected chi connectivity index (χ1v) is 7.83. The summed E-state index contributed by atoms with van der Waals surface area (Å²) in [6.45, 7) is 3.68. The summed E-state index contributed by atoms with van der Waals surface area (Å²) in [5, 5.41) is 5.78. The molecule has 1 aromatic carbocycles. The summed E-state index contributed by atoms with van der Waals surface area (Å²) in [5.41, 5.74) is 1.12. The molecular formula is C14H22N2O2S. The maximum atomic E-state index is 11.8. The molecule has 0 aliphatic carbocycles. The lowest BCUT2D eigenvalue weighted by Crippen LogP contribution is -2.40. The van der Waals surface area contributed by atoms with Crippen LogP contribution in [0, 0.1) is 0 Å². The Bertz CT molecular complexity index is 360. The van der Waals surface area contributed by atoms with Crippen LogP contribution in [0.5, 0.6) is 0 Å². The van der Waals surface area contributed by atoms with Crippen LogP contribution in [0.4, 0.5) is 4.79 Å². The number of rotatable bonds is 8. The molecule has 0 aliphatic rings. The van der Waals surface area contributed by atoms with Crippen molar-refractivity contribution >= 4 is 17.8 Å². The Morgan fingerprint density at radius 2 is 2.11 bits per heavy atom. The minimum atomic E-state index is -0.150. The molecule has 2 amide bonds. The zero-order chi connectivity index (χ0) is 13.9. The first-order valence-electron chi connectivity index (χ1n) is 6.44. The summed E-state index contributed by atoms with van der Waals surface area (Å²) in [4.78, 5) is 11.8. The first-order chi connectivity index (χ1) is 9.27. The number of carbonyl (C=O) groups excluding carboxylic acids is 1. The third kappa shape index (κ3) is 6.50. The molecule has 1 rings (SSSR count). The number of thioether (sulfide) groups is 1. The lowest BCUT2D eigenvalue weighted by atomic mass is 10.1. The Morgan fingerprint density at radius 3 is 2.74 bits per heavy atom. The van der Waals surface area contributed by atoms with Crippen LogP contribution < -0.4 is 10.6 Å². The highest BCUT2D eigenvalue weighted by Gasteiger charge is 2.13. The second kappa shape index (κ2) is 9.69. The lowest BCUT2D eigenvalue weighted by molar-refractivity contribution is 0.149. The zero-order valence-electron chi connectivity index (χ0n) is 11.5. The van der Waals surface area contributed by atoms with Crippen molar-refractivity contribution in [2.24, 2.45) is 0 Å². The van der Waals surface area contributed by atoms with Gasteiger partial charge < -0.3 is 15.4 Å². The van der Waals surface area contributed by atoms with E-state index in [-0.39, 0.29) is 12.1 Å². The van der Waals surface area contributed by atoms with Crippen LogP contribution >= 0.6 is 11.8 Å². The zero-order valence-corrected chi connectivity index (χ0v) is 12.3. The van der Waals surface area contributed by atoms with Crippen LogP contribution in [0.25, 0.3) is 0 Å². The maximum Gasteiger partial charge on any atom is 0.315 e. The SMILES string of the molecule is CCOCCNC(=O)NC(CSC)c1ccccc1. The number of hydrogen-bond donors (Lipinski definition) is 2. The van der Waals surface area contributed by atoms with Crippen LogP contribution in [0.2, 0.25) is 0 Å². The molecule has 0 aliphatic heterocycles. The van der Waals surface area contributed by atoms with Crippen LogP contribution in [-0.4, -0.2) is 37.8 Å². The summed E-state index contributed by atoms with van der Waals surface area (Å²) in [5.74, 6) is 0.850. The van der Waals surface area contributed by atoms with Crippen LogP contribution in [-0.2, 0) is 4.74 Å². The topological polar surface area (TPSA) is 50.4 Å². The monoisotopic (exact) mass is 282 g/mol. The summed E-state index contributed by atoms with van der Waals surface area (Å²) in [6.07, 6.45) is 2.03. The summed E-state index contributed by atoms with van der Waals surface area (Å²) in [6, 6.07) is 9.88. The third-order valence-corrected chi connectivity index (χ3v) is 3.24. The second-order valence-electron chi connectivity index (χ2n) is 4.02. The van der Waals surface area contributed by atoms with Gasteiger partial charge in [0.05, 0.1) is 12.6 Å². The van der Waals surface area contributed by atoms with Crippen molar-refractivity contribution in [3.63, 3.8) is 0 Å². The number of benzene rings is 1. The quantitative estimate of drug-likeness (QED) is 0.720. The molecule has 2 N–H and O–H groups in total. The minimum absolute atomic E-state index is 0.0308. The van der Waals surface area contributed by atoms with E-state index in [0.29, 0.717) is 19.8 Å². The highest BCUT2D eigenvalue weighted by Crippen LogP contribution is 2.16. The lowest BCUT2D eigenvalue weighted by Gasteiger charge is -2.18. The molecule has 0 spiro atoms. The van der Waals surface area contributed by atoms with Crippen molar-refractivity contribution < 1.29 is 9.53 Å². The molecule has 0 heterocycles. The van der Waals surface area contributed by atoms with Gasteiger partial charge in [0.2, 0.25) is 0 Å². The number of ether oxygens (including phenoxy) is 1. The standard InChI is InChI=1S/C14H22N2O2S/c1-3-18-10-9-15-14(17)16-13(11-19-2)12-7-5-4-6-8-12/h4-8,13H,3,9-11H2,1-2H3,(H2,15,16,17). The van der Waals surface area contributed by atoms with Crippen molar-refractivity contribution in [1.29, 1.82) is 0 Å². The normalized spacial score (nSPS) is 11.9. The summed E-state index contributed by atoms with van der Waals surface area (Å²) >= 11 is 1.71. The van der Waals surface area contributed by atoms with E-state index in [1.807, 2.05) is 43.5 Å². The van der Waals surface area contributed by atoms with Gasteiger partial charge in [-0.3, -0.25) is 0 Å². The van der Waals surface area contributed by atoms with Gasteiger partial charge in [0.1, 0.15) is 0 Å². The minimum Gasteiger partial charge on any atom is -0.380 e. The Hall–Kier alpha value is -1.20. The molecule has 19 heavy (non-hydrogen) atoms. The van der Waals surface area contributed by atoms with Gasteiger partial charge in [-0.05, 0) is 18.7 Å². The van der Waals surface area contributed by atoms with E-state index in [4.69, 9.17) is 4.74 Å². The van der Waals surface area contributed by atoms with Gasteiger partial charge >= 0.3 is 6.03 Å². The molecule has 4 nitrogen and oxygen atoms in total. The van der Waals surface area contributed by atoms with Gasteiger partial charge in [-0.25, -0.2) is 4.79 Å². The largest absolute Gasteiger partial charge is 0.380 e. The molecule has 0 saturated heterocycles. The van der Waals surface area contributed by atoms with Gasteiger partial charge in [-0.15, -0.1) is 0 Å². The number of carbonyl (C=O) groups is 1. The van der Waals surface area contributed by atoms with Gasteiger partial charge in [0.25, 0.3) is 0 Å². The smallest absolute Gasteiger partial charge is 0.315 e. The summed E-state index contributed by atoms with van der Waals surface area (Å²) in [7, 11) is 0. The van der Waals surface area contributed by atoms with Crippen molar-refractivity contribution in [2.45, 2.75) is 13.0 Å². The Kier molecular flexibility index (Phi) is 8.09. The van der Waals surface area contributed by atoms with Crippen LogP contribution in [0.15, 0.2) is 30.3 Å². The summed E-state index contributed by atoms with van der Waals surface area (Å²) < 4.78 is 5.17. The van der Waals surface area contributed by atoms with Gasteiger partial charge in [0.15, 0.2) is 0 Å². The van der Waals surface area contributed by atoms with Gasteiger partial charge in [0, 0.05) is 18.9 Å². The molecule has 0 saturated carbocycles. The van der Waals surface area contributed by atoms with E-state index < -0.39 is 0 Å². The predicted octanol–water partition coefficient (Wildman–Crippen LogP) is 2.43. The fraction of sp³-hybridized carbons (Fsp3) is 0.500. The van der Waals surface area contributed by atoms with Gasteiger partial charge in [-0.2, -0.15) is 11.8 Å². The Morgan fingerprint density at radius 1 is 1.37 bits per heavy atom. The molecule has 0 bridgehead atoms. The van der Waals surface area contributed by atoms with Crippen molar-refractivity contribution in [1.82, 2.24) is 10.6 Å². The van der Waals surface area contributed by atoms with E-state index in [0.717, 1.165) is 11.3 Å². The van der Waals surface area contributed by atoms with Crippen molar-refractivity contribution in [2.75, 3.05) is 31.8 Å². The predicted molar refractivity (Wildman–Crippen MR) is 80.6 cm³/mol. The van der Waals surface area contributed by atoms with Gasteiger partial charge in [-0.1, -0.05) is 30.3 Å². The number of amides is 2. The molecule has 0 aromatic heterocycles. The van der Waals surface area contributed by atoms with E-state index in [1.54, 1.807) is 11.8 Å². The molecule has 1 atom stereocenters. The van der Waals surface area contributed by atoms with Crippen molar-refractivity contribution in [3.05, 3.63) is 35.9 Å². The maximum absolute atomic E-state index is 11.8. The van der Waals surface area contributed by atoms with Crippen LogP contribution in [0.1, 0.15) is 18.5 Å². The van der Waals surface area contributed by atoms with E-state index in [9.17, 15) is 4.79 Å². The second-order valence-corrected chi connectivity index (χ2v) is 4.93. The average Bonchev–Trinajstić information content (AvgIpc) is 2.44. The van der Waals surface area contributed by atoms with E-state index in [1.165, 1.54) is 0 Å².